The van der Waals surface area contributed by atoms with E-state index in [1.807, 2.05) is 30.3 Å². The fourth-order valence-electron chi connectivity index (χ4n) is 1.47. The molecular weight excluding hydrogens is 188 g/mol. The minimum absolute atomic E-state index is 0.812. The minimum atomic E-state index is 0.812. The average molecular weight is 202 g/mol. The van der Waals surface area contributed by atoms with Gasteiger partial charge in [-0.1, -0.05) is 12.1 Å². The number of ether oxygens (including phenoxy) is 2. The zero-order valence-corrected chi connectivity index (χ0v) is 8.77. The van der Waals surface area contributed by atoms with E-state index in [1.165, 1.54) is 0 Å². The van der Waals surface area contributed by atoms with Crippen LogP contribution in [0.4, 0.5) is 0 Å². The summed E-state index contributed by atoms with van der Waals surface area (Å²) >= 11 is 0. The normalized spacial score (nSPS) is 14.6. The number of rotatable bonds is 3. The quantitative estimate of drug-likeness (QED) is 0.748. The first-order chi connectivity index (χ1) is 7.38. The van der Waals surface area contributed by atoms with Gasteiger partial charge in [0.1, 0.15) is 17.3 Å². The van der Waals surface area contributed by atoms with E-state index < -0.39 is 0 Å². The van der Waals surface area contributed by atoms with Crippen LogP contribution in [0.25, 0.3) is 0 Å². The maximum atomic E-state index is 5.69. The second-order valence-corrected chi connectivity index (χ2v) is 3.37. The van der Waals surface area contributed by atoms with Crippen LogP contribution >= 0.6 is 0 Å². The van der Waals surface area contributed by atoms with Crippen LogP contribution in [0.15, 0.2) is 48.3 Å². The smallest absolute Gasteiger partial charge is 0.131 e. The van der Waals surface area contributed by atoms with Gasteiger partial charge in [-0.25, -0.2) is 0 Å². The fraction of sp³-hybridized carbons (Fsp3) is 0.231. The van der Waals surface area contributed by atoms with Gasteiger partial charge in [0.15, 0.2) is 0 Å². The van der Waals surface area contributed by atoms with Crippen molar-refractivity contribution in [1.29, 1.82) is 0 Å². The lowest BCUT2D eigenvalue weighted by molar-refractivity contribution is 0.403. The molecule has 1 aromatic rings. The second-order valence-electron chi connectivity index (χ2n) is 3.37. The van der Waals surface area contributed by atoms with E-state index >= 15 is 0 Å². The summed E-state index contributed by atoms with van der Waals surface area (Å²) in [7, 11) is 1.65. The molecule has 0 saturated heterocycles. The number of benzene rings is 1. The summed E-state index contributed by atoms with van der Waals surface area (Å²) in [6.45, 7) is 0. The van der Waals surface area contributed by atoms with Gasteiger partial charge >= 0.3 is 0 Å². The van der Waals surface area contributed by atoms with Crippen LogP contribution in [0.2, 0.25) is 0 Å². The summed E-state index contributed by atoms with van der Waals surface area (Å²) < 4.78 is 10.8. The first-order valence-electron chi connectivity index (χ1n) is 5.07. The Morgan fingerprint density at radius 2 is 2.00 bits per heavy atom. The summed E-state index contributed by atoms with van der Waals surface area (Å²) in [4.78, 5) is 0. The molecule has 0 saturated carbocycles. The highest BCUT2D eigenvalue weighted by molar-refractivity contribution is 5.35. The molecule has 0 fully saturated rings. The van der Waals surface area contributed by atoms with E-state index in [1.54, 1.807) is 7.11 Å². The molecular formula is C13H14O2. The Balaban J connectivity index is 2.10. The van der Waals surface area contributed by atoms with E-state index in [2.05, 4.69) is 12.2 Å². The van der Waals surface area contributed by atoms with Crippen LogP contribution in [-0.2, 0) is 0 Å². The summed E-state index contributed by atoms with van der Waals surface area (Å²) in [6, 6.07) is 7.62. The Bertz CT molecular complexity index is 391. The van der Waals surface area contributed by atoms with Crippen molar-refractivity contribution in [2.75, 3.05) is 7.11 Å². The number of methoxy groups -OCH3 is 1. The Morgan fingerprint density at radius 1 is 1.13 bits per heavy atom. The molecule has 15 heavy (non-hydrogen) atoms. The van der Waals surface area contributed by atoms with E-state index in [9.17, 15) is 0 Å². The molecule has 0 N–H and O–H groups in total. The predicted octanol–water partition coefficient (Wildman–Crippen LogP) is 3.31. The van der Waals surface area contributed by atoms with Crippen LogP contribution in [0.3, 0.4) is 0 Å². The van der Waals surface area contributed by atoms with E-state index in [-0.39, 0.29) is 0 Å². The fourth-order valence-corrected chi connectivity index (χ4v) is 1.47. The Labute approximate surface area is 89.8 Å². The van der Waals surface area contributed by atoms with Gasteiger partial charge in [-0.15, -0.1) is 0 Å². The van der Waals surface area contributed by atoms with Crippen LogP contribution < -0.4 is 9.47 Å². The van der Waals surface area contributed by atoms with Crippen molar-refractivity contribution < 1.29 is 9.47 Å². The molecule has 0 atom stereocenters. The molecule has 0 bridgehead atoms. The van der Waals surface area contributed by atoms with Gasteiger partial charge in [-0.05, 0) is 37.1 Å². The zero-order chi connectivity index (χ0) is 10.5. The molecule has 2 rings (SSSR count). The molecule has 0 aromatic heterocycles. The molecule has 0 aliphatic heterocycles. The topological polar surface area (TPSA) is 18.5 Å². The third-order valence-corrected chi connectivity index (χ3v) is 2.24. The molecule has 2 nitrogen and oxygen atoms in total. The highest BCUT2D eigenvalue weighted by atomic mass is 16.5. The van der Waals surface area contributed by atoms with Crippen LogP contribution in [-0.4, -0.2) is 7.11 Å². The minimum Gasteiger partial charge on any atom is -0.497 e. The predicted molar refractivity (Wildman–Crippen MR) is 60.1 cm³/mol. The lowest BCUT2D eigenvalue weighted by atomic mass is 10.2. The molecule has 1 aliphatic carbocycles. The maximum absolute atomic E-state index is 5.69. The first-order valence-corrected chi connectivity index (χ1v) is 5.07. The average Bonchev–Trinajstić information content (AvgIpc) is 2.31. The van der Waals surface area contributed by atoms with Gasteiger partial charge in [-0.2, -0.15) is 0 Å². The molecule has 0 heterocycles. The Kier molecular flexibility index (Phi) is 3.08. The lowest BCUT2D eigenvalue weighted by Crippen LogP contribution is -1.95. The van der Waals surface area contributed by atoms with Crippen molar-refractivity contribution in [3.63, 3.8) is 0 Å². The monoisotopic (exact) mass is 202 g/mol. The van der Waals surface area contributed by atoms with E-state index in [0.29, 0.717) is 0 Å². The molecule has 0 spiro atoms. The van der Waals surface area contributed by atoms with Crippen molar-refractivity contribution in [1.82, 2.24) is 0 Å². The zero-order valence-electron chi connectivity index (χ0n) is 8.77. The van der Waals surface area contributed by atoms with Gasteiger partial charge in [0.2, 0.25) is 0 Å². The Morgan fingerprint density at radius 3 is 2.73 bits per heavy atom. The first kappa shape index (κ1) is 9.84. The molecule has 1 aromatic carbocycles. The summed E-state index contributed by atoms with van der Waals surface area (Å²) in [5.74, 6) is 2.54. The van der Waals surface area contributed by atoms with E-state index in [0.717, 1.165) is 30.1 Å². The summed E-state index contributed by atoms with van der Waals surface area (Å²) in [5.41, 5.74) is 0. The Hall–Kier alpha value is -1.70. The van der Waals surface area contributed by atoms with Crippen molar-refractivity contribution >= 4 is 0 Å². The summed E-state index contributed by atoms with van der Waals surface area (Å²) in [5, 5.41) is 0. The van der Waals surface area contributed by atoms with Crippen molar-refractivity contribution in [2.24, 2.45) is 0 Å². The third-order valence-electron chi connectivity index (χ3n) is 2.24. The van der Waals surface area contributed by atoms with Crippen molar-refractivity contribution in [2.45, 2.75) is 12.8 Å². The highest BCUT2D eigenvalue weighted by Gasteiger charge is 2.01. The van der Waals surface area contributed by atoms with E-state index in [4.69, 9.17) is 9.47 Å². The lowest BCUT2D eigenvalue weighted by Gasteiger charge is -2.10. The number of hydrogen-bond acceptors (Lipinski definition) is 2. The van der Waals surface area contributed by atoms with Gasteiger partial charge in [-0.3, -0.25) is 0 Å². The van der Waals surface area contributed by atoms with Crippen molar-refractivity contribution in [3.05, 3.63) is 48.3 Å². The van der Waals surface area contributed by atoms with Crippen LogP contribution in [0.5, 0.6) is 11.5 Å². The van der Waals surface area contributed by atoms with Crippen molar-refractivity contribution in [3.8, 4) is 11.5 Å². The standard InChI is InChI=1S/C13H14O2/c1-14-12-8-5-9-13(10-12)15-11-6-3-2-4-7-11/h3,5-10H,2,4H2,1H3. The maximum Gasteiger partial charge on any atom is 0.131 e. The molecule has 0 amide bonds. The molecule has 1 aliphatic rings. The number of hydrogen-bond donors (Lipinski definition) is 0. The molecule has 78 valence electrons. The van der Waals surface area contributed by atoms with Gasteiger partial charge < -0.3 is 9.47 Å². The van der Waals surface area contributed by atoms with Crippen LogP contribution in [0, 0.1) is 0 Å². The van der Waals surface area contributed by atoms with Gasteiger partial charge in [0.25, 0.3) is 0 Å². The molecule has 0 radical (unpaired) electrons. The molecule has 2 heteroatoms. The van der Waals surface area contributed by atoms with Gasteiger partial charge in [0, 0.05) is 6.07 Å². The second kappa shape index (κ2) is 4.69. The highest BCUT2D eigenvalue weighted by Crippen LogP contribution is 2.22. The van der Waals surface area contributed by atoms with Gasteiger partial charge in [0.05, 0.1) is 7.11 Å². The molecule has 0 unspecified atom stereocenters. The summed E-state index contributed by atoms with van der Waals surface area (Å²) in [6.07, 6.45) is 8.37. The number of allylic oxidation sites excluding steroid dienone is 3. The SMILES string of the molecule is COc1cccc(OC2=CCCC=C2)c1. The third kappa shape index (κ3) is 2.62. The largest absolute Gasteiger partial charge is 0.497 e. The van der Waals surface area contributed by atoms with Crippen LogP contribution in [0.1, 0.15) is 12.8 Å².